The van der Waals surface area contributed by atoms with Crippen LogP contribution in [0.25, 0.3) is 0 Å². The van der Waals surface area contributed by atoms with Crippen LogP contribution in [0.5, 0.6) is 0 Å². The summed E-state index contributed by atoms with van der Waals surface area (Å²) >= 11 is 0. The van der Waals surface area contributed by atoms with Crippen molar-refractivity contribution in [3.05, 3.63) is 17.9 Å². The molecule has 1 heterocycles. The molecule has 0 aromatic carbocycles. The van der Waals surface area contributed by atoms with E-state index in [1.807, 2.05) is 0 Å². The van der Waals surface area contributed by atoms with Crippen LogP contribution in [-0.2, 0) is 10.0 Å². The number of rotatable bonds is 3. The first-order chi connectivity index (χ1) is 9.29. The molecule has 2 N–H and O–H groups in total. The van der Waals surface area contributed by atoms with Crippen molar-refractivity contribution in [1.29, 1.82) is 0 Å². The molecule has 1 fully saturated rings. The highest BCUT2D eigenvalue weighted by molar-refractivity contribution is 7.89. The molecule has 1 aliphatic carbocycles. The Morgan fingerprint density at radius 3 is 2.40 bits per heavy atom. The van der Waals surface area contributed by atoms with Crippen LogP contribution < -0.4 is 5.14 Å². The van der Waals surface area contributed by atoms with Crippen LogP contribution in [0.2, 0.25) is 0 Å². The fourth-order valence-corrected chi connectivity index (χ4v) is 3.02. The quantitative estimate of drug-likeness (QED) is 0.917. The molecule has 2 rings (SSSR count). The maximum absolute atomic E-state index is 12.3. The lowest BCUT2D eigenvalue weighted by atomic mass is 9.87. The number of furan rings is 1. The number of amides is 1. The van der Waals surface area contributed by atoms with Crippen LogP contribution in [-0.4, -0.2) is 32.3 Å². The second-order valence-electron chi connectivity index (χ2n) is 5.49. The van der Waals surface area contributed by atoms with Gasteiger partial charge in [0.2, 0.25) is 5.09 Å². The third-order valence-electron chi connectivity index (χ3n) is 3.93. The van der Waals surface area contributed by atoms with E-state index in [0.717, 1.165) is 25.7 Å². The molecule has 1 aromatic heterocycles. The summed E-state index contributed by atoms with van der Waals surface area (Å²) in [6.45, 7) is 2.21. The molecule has 0 spiro atoms. The van der Waals surface area contributed by atoms with Gasteiger partial charge in [0.1, 0.15) is 0 Å². The maximum Gasteiger partial charge on any atom is 0.289 e. The van der Waals surface area contributed by atoms with Crippen LogP contribution in [0.15, 0.2) is 21.6 Å². The molecule has 112 valence electrons. The predicted octanol–water partition coefficient (Wildman–Crippen LogP) is 1.58. The highest BCUT2D eigenvalue weighted by Crippen LogP contribution is 2.27. The van der Waals surface area contributed by atoms with Crippen molar-refractivity contribution in [1.82, 2.24) is 4.90 Å². The van der Waals surface area contributed by atoms with Gasteiger partial charge < -0.3 is 9.32 Å². The topological polar surface area (TPSA) is 93.6 Å². The Morgan fingerprint density at radius 2 is 1.90 bits per heavy atom. The molecule has 6 nitrogen and oxygen atoms in total. The van der Waals surface area contributed by atoms with E-state index in [-0.39, 0.29) is 22.8 Å². The van der Waals surface area contributed by atoms with Crippen molar-refractivity contribution in [2.24, 2.45) is 11.1 Å². The third kappa shape index (κ3) is 3.21. The fraction of sp³-hybridized carbons (Fsp3) is 0.615. The van der Waals surface area contributed by atoms with E-state index in [4.69, 9.17) is 9.56 Å². The summed E-state index contributed by atoms with van der Waals surface area (Å²) in [6.07, 6.45) is 4.13. The van der Waals surface area contributed by atoms with Crippen molar-refractivity contribution in [2.75, 3.05) is 7.05 Å². The van der Waals surface area contributed by atoms with Crippen LogP contribution in [0.3, 0.4) is 0 Å². The van der Waals surface area contributed by atoms with E-state index >= 15 is 0 Å². The Bertz CT molecular complexity index is 585. The first kappa shape index (κ1) is 15.1. The minimum atomic E-state index is -3.91. The summed E-state index contributed by atoms with van der Waals surface area (Å²) in [4.78, 5) is 13.9. The maximum atomic E-state index is 12.3. The van der Waals surface area contributed by atoms with Gasteiger partial charge in [-0.2, -0.15) is 0 Å². The minimum Gasteiger partial charge on any atom is -0.438 e. The Kier molecular flexibility index (Phi) is 4.19. The van der Waals surface area contributed by atoms with E-state index in [0.29, 0.717) is 5.92 Å². The zero-order valence-corrected chi connectivity index (χ0v) is 12.5. The summed E-state index contributed by atoms with van der Waals surface area (Å²) < 4.78 is 27.3. The molecule has 20 heavy (non-hydrogen) atoms. The summed E-state index contributed by atoms with van der Waals surface area (Å²) in [7, 11) is -2.19. The summed E-state index contributed by atoms with van der Waals surface area (Å²) in [6, 6.07) is 2.74. The molecule has 0 aliphatic heterocycles. The number of carbonyl (C=O) groups is 1. The number of sulfonamides is 1. The third-order valence-corrected chi connectivity index (χ3v) is 4.71. The zero-order chi connectivity index (χ0) is 14.9. The molecular weight excluding hydrogens is 280 g/mol. The number of primary sulfonamides is 1. The monoisotopic (exact) mass is 300 g/mol. The van der Waals surface area contributed by atoms with E-state index in [1.165, 1.54) is 12.1 Å². The molecule has 0 bridgehead atoms. The van der Waals surface area contributed by atoms with Crippen molar-refractivity contribution in [3.8, 4) is 0 Å². The van der Waals surface area contributed by atoms with Crippen molar-refractivity contribution in [2.45, 2.75) is 43.7 Å². The molecule has 0 radical (unpaired) electrons. The molecule has 7 heteroatoms. The van der Waals surface area contributed by atoms with E-state index < -0.39 is 10.0 Å². The first-order valence-corrected chi connectivity index (χ1v) is 8.23. The van der Waals surface area contributed by atoms with Gasteiger partial charge in [0, 0.05) is 13.1 Å². The highest BCUT2D eigenvalue weighted by atomic mass is 32.2. The number of nitrogens with zero attached hydrogens (tertiary/aromatic N) is 1. The van der Waals surface area contributed by atoms with Gasteiger partial charge in [0.15, 0.2) is 5.76 Å². The fourth-order valence-electron chi connectivity index (χ4n) is 2.56. The summed E-state index contributed by atoms with van der Waals surface area (Å²) in [5.74, 6) is 0.405. The lowest BCUT2D eigenvalue weighted by molar-refractivity contribution is 0.0642. The molecule has 1 amide bonds. The average Bonchev–Trinajstić information content (AvgIpc) is 2.87. The van der Waals surface area contributed by atoms with Gasteiger partial charge in [-0.15, -0.1) is 0 Å². The van der Waals surface area contributed by atoms with Crippen LogP contribution in [0, 0.1) is 5.92 Å². The predicted molar refractivity (Wildman–Crippen MR) is 73.6 cm³/mol. The highest BCUT2D eigenvalue weighted by Gasteiger charge is 2.27. The Morgan fingerprint density at radius 1 is 1.30 bits per heavy atom. The van der Waals surface area contributed by atoms with Crippen molar-refractivity contribution in [3.63, 3.8) is 0 Å². The molecule has 0 atom stereocenters. The second kappa shape index (κ2) is 5.57. The zero-order valence-electron chi connectivity index (χ0n) is 11.7. The SMILES string of the molecule is CC1CCC(N(C)C(=O)c2ccc(S(N)(=O)=O)o2)CC1. The van der Waals surface area contributed by atoms with Gasteiger partial charge in [0.05, 0.1) is 0 Å². The molecule has 1 aliphatic rings. The molecule has 0 saturated heterocycles. The van der Waals surface area contributed by atoms with Crippen molar-refractivity contribution >= 4 is 15.9 Å². The van der Waals surface area contributed by atoms with Crippen molar-refractivity contribution < 1.29 is 17.6 Å². The largest absolute Gasteiger partial charge is 0.438 e. The van der Waals surface area contributed by atoms with Gasteiger partial charge >= 0.3 is 0 Å². The average molecular weight is 300 g/mol. The van der Waals surface area contributed by atoms with Crippen LogP contribution in [0.1, 0.15) is 43.2 Å². The second-order valence-corrected chi connectivity index (χ2v) is 6.99. The number of nitrogens with two attached hydrogens (primary N) is 1. The number of carbonyl (C=O) groups excluding carboxylic acids is 1. The first-order valence-electron chi connectivity index (χ1n) is 6.69. The smallest absolute Gasteiger partial charge is 0.289 e. The van der Waals surface area contributed by atoms with E-state index in [1.54, 1.807) is 11.9 Å². The summed E-state index contributed by atoms with van der Waals surface area (Å²) in [5.41, 5.74) is 0. The number of hydrogen-bond donors (Lipinski definition) is 1. The lowest BCUT2D eigenvalue weighted by Gasteiger charge is -2.33. The van der Waals surface area contributed by atoms with Gasteiger partial charge in [0.25, 0.3) is 15.9 Å². The Labute approximate surface area is 119 Å². The number of hydrogen-bond acceptors (Lipinski definition) is 4. The van der Waals surface area contributed by atoms with Crippen LogP contribution >= 0.6 is 0 Å². The van der Waals surface area contributed by atoms with E-state index in [9.17, 15) is 13.2 Å². The van der Waals surface area contributed by atoms with Gasteiger partial charge in [-0.1, -0.05) is 6.92 Å². The lowest BCUT2D eigenvalue weighted by Crippen LogP contribution is -2.39. The molecule has 1 aromatic rings. The molecular formula is C13H20N2O4S. The standard InChI is InChI=1S/C13H20N2O4S/c1-9-3-5-10(6-4-9)15(2)13(16)11-7-8-12(19-11)20(14,17)18/h7-10H,3-6H2,1-2H3,(H2,14,17,18). The van der Waals surface area contributed by atoms with Gasteiger partial charge in [-0.05, 0) is 43.7 Å². The molecule has 1 saturated carbocycles. The molecule has 0 unspecified atom stereocenters. The van der Waals surface area contributed by atoms with Gasteiger partial charge in [-0.3, -0.25) is 4.79 Å². The van der Waals surface area contributed by atoms with Gasteiger partial charge in [-0.25, -0.2) is 13.6 Å². The Balaban J connectivity index is 2.09. The summed E-state index contributed by atoms with van der Waals surface area (Å²) in [5, 5.41) is 4.58. The van der Waals surface area contributed by atoms with E-state index in [2.05, 4.69) is 6.92 Å². The minimum absolute atomic E-state index is 0.00940. The van der Waals surface area contributed by atoms with Crippen LogP contribution in [0.4, 0.5) is 0 Å². The normalized spacial score (nSPS) is 23.6. The Hall–Kier alpha value is -1.34.